The first-order valence-electron chi connectivity index (χ1n) is 6.96. The van der Waals surface area contributed by atoms with Crippen LogP contribution in [0.4, 0.5) is 0 Å². The zero-order valence-electron chi connectivity index (χ0n) is 12.2. The molecule has 114 valence electrons. The molecule has 6 nitrogen and oxygen atoms in total. The fourth-order valence-electron chi connectivity index (χ4n) is 2.05. The Morgan fingerprint density at radius 3 is 3.00 bits per heavy atom. The lowest BCUT2D eigenvalue weighted by atomic mass is 9.95. The second kappa shape index (κ2) is 5.75. The second-order valence-electron chi connectivity index (χ2n) is 5.52. The van der Waals surface area contributed by atoms with Crippen LogP contribution in [0.15, 0.2) is 16.0 Å². The van der Waals surface area contributed by atoms with Gasteiger partial charge in [0.05, 0.1) is 19.8 Å². The fraction of sp³-hybridized carbons (Fsp3) is 0.571. The molecule has 2 aromatic heterocycles. The van der Waals surface area contributed by atoms with Gasteiger partial charge in [0.2, 0.25) is 0 Å². The molecule has 0 bridgehead atoms. The Hall–Kier alpha value is -1.44. The molecule has 2 aromatic rings. The van der Waals surface area contributed by atoms with E-state index in [1.807, 2.05) is 18.4 Å². The molecule has 1 aliphatic rings. The van der Waals surface area contributed by atoms with Crippen molar-refractivity contribution in [2.45, 2.75) is 37.8 Å². The maximum atomic E-state index is 6.26. The summed E-state index contributed by atoms with van der Waals surface area (Å²) in [5, 5.41) is 5.92. The van der Waals surface area contributed by atoms with Crippen molar-refractivity contribution in [1.29, 1.82) is 0 Å². The quantitative estimate of drug-likeness (QED) is 0.883. The van der Waals surface area contributed by atoms with E-state index in [9.17, 15) is 0 Å². The molecule has 2 N–H and O–H groups in total. The van der Waals surface area contributed by atoms with E-state index in [-0.39, 0.29) is 0 Å². The summed E-state index contributed by atoms with van der Waals surface area (Å²) in [6.45, 7) is 2.24. The number of nitrogens with zero attached hydrogens (tertiary/aromatic N) is 2. The minimum Gasteiger partial charge on any atom is -0.495 e. The molecule has 1 unspecified atom stereocenters. The normalized spacial score (nSPS) is 18.2. The maximum Gasteiger partial charge on any atom is 0.271 e. The largest absolute Gasteiger partial charge is 0.495 e. The van der Waals surface area contributed by atoms with Crippen molar-refractivity contribution >= 4 is 11.3 Å². The lowest BCUT2D eigenvalue weighted by Gasteiger charge is -2.29. The average molecular weight is 309 g/mol. The predicted molar refractivity (Wildman–Crippen MR) is 79.3 cm³/mol. The molecule has 0 aromatic carbocycles. The molecular formula is C14H19N3O3S. The third-order valence-corrected chi connectivity index (χ3v) is 4.53. The standard InChI is InChI=1S/C14H19N3O3S/c1-14(15,8-19-9-4-3-5-9)13-16-12(20-17-13)11-10(18-2)6-7-21-11/h6-7,9H,3-5,8,15H2,1-2H3. The number of nitrogens with two attached hydrogens (primary N) is 1. The number of thiophene rings is 1. The zero-order valence-corrected chi connectivity index (χ0v) is 13.0. The molecule has 2 heterocycles. The van der Waals surface area contributed by atoms with E-state index in [4.69, 9.17) is 19.7 Å². The molecule has 0 amide bonds. The summed E-state index contributed by atoms with van der Waals surface area (Å²) in [4.78, 5) is 5.21. The van der Waals surface area contributed by atoms with Gasteiger partial charge in [-0.05, 0) is 37.6 Å². The highest BCUT2D eigenvalue weighted by Gasteiger charge is 2.31. The molecule has 1 fully saturated rings. The van der Waals surface area contributed by atoms with Crippen molar-refractivity contribution < 1.29 is 14.0 Å². The van der Waals surface area contributed by atoms with E-state index in [0.717, 1.165) is 23.5 Å². The second-order valence-corrected chi connectivity index (χ2v) is 6.44. The highest BCUT2D eigenvalue weighted by molar-refractivity contribution is 7.13. The van der Waals surface area contributed by atoms with Crippen LogP contribution in [-0.2, 0) is 10.3 Å². The summed E-state index contributed by atoms with van der Waals surface area (Å²) in [5.74, 6) is 1.60. The van der Waals surface area contributed by atoms with Gasteiger partial charge in [-0.25, -0.2) is 0 Å². The Bertz CT molecular complexity index is 604. The number of hydrogen-bond donors (Lipinski definition) is 1. The molecule has 7 heteroatoms. The molecule has 21 heavy (non-hydrogen) atoms. The minimum absolute atomic E-state index is 0.330. The number of rotatable bonds is 6. The third kappa shape index (κ3) is 2.95. The minimum atomic E-state index is -0.762. The number of methoxy groups -OCH3 is 1. The topological polar surface area (TPSA) is 83.4 Å². The van der Waals surface area contributed by atoms with E-state index in [0.29, 0.717) is 24.4 Å². The summed E-state index contributed by atoms with van der Waals surface area (Å²) in [7, 11) is 1.61. The molecule has 0 radical (unpaired) electrons. The Labute approximate surface area is 127 Å². The van der Waals surface area contributed by atoms with Crippen LogP contribution in [0.2, 0.25) is 0 Å². The van der Waals surface area contributed by atoms with Gasteiger partial charge in [0.15, 0.2) is 5.82 Å². The van der Waals surface area contributed by atoms with E-state index < -0.39 is 5.54 Å². The third-order valence-electron chi connectivity index (χ3n) is 3.65. The van der Waals surface area contributed by atoms with Gasteiger partial charge in [0.1, 0.15) is 16.2 Å². The Kier molecular flexibility index (Phi) is 3.97. The Balaban J connectivity index is 1.73. The number of aromatic nitrogens is 2. The average Bonchev–Trinajstić information content (AvgIpc) is 3.05. The Morgan fingerprint density at radius 1 is 1.52 bits per heavy atom. The van der Waals surface area contributed by atoms with Crippen molar-refractivity contribution in [3.05, 3.63) is 17.3 Å². The van der Waals surface area contributed by atoms with E-state index in [1.165, 1.54) is 17.8 Å². The SMILES string of the molecule is COc1ccsc1-c1nc(C(C)(N)COC2CCC2)no1. The molecule has 1 atom stereocenters. The van der Waals surface area contributed by atoms with Crippen LogP contribution in [0, 0.1) is 0 Å². The van der Waals surface area contributed by atoms with Crippen molar-refractivity contribution in [3.63, 3.8) is 0 Å². The summed E-state index contributed by atoms with van der Waals surface area (Å²) in [6, 6.07) is 1.87. The molecule has 1 aliphatic carbocycles. The van der Waals surface area contributed by atoms with Crippen LogP contribution >= 0.6 is 11.3 Å². The van der Waals surface area contributed by atoms with Gasteiger partial charge in [-0.2, -0.15) is 4.98 Å². The number of hydrogen-bond acceptors (Lipinski definition) is 7. The van der Waals surface area contributed by atoms with E-state index in [1.54, 1.807) is 7.11 Å². The summed E-state index contributed by atoms with van der Waals surface area (Å²) in [5.41, 5.74) is 5.50. The van der Waals surface area contributed by atoms with Crippen molar-refractivity contribution in [3.8, 4) is 16.5 Å². The van der Waals surface area contributed by atoms with Crippen LogP contribution in [0.5, 0.6) is 5.75 Å². The zero-order chi connectivity index (χ0) is 14.9. The summed E-state index contributed by atoms with van der Waals surface area (Å²) >= 11 is 1.49. The van der Waals surface area contributed by atoms with Crippen molar-refractivity contribution in [2.75, 3.05) is 13.7 Å². The first kappa shape index (κ1) is 14.5. The molecule has 0 spiro atoms. The number of ether oxygens (including phenoxy) is 2. The van der Waals surface area contributed by atoms with Gasteiger partial charge in [-0.1, -0.05) is 5.16 Å². The summed E-state index contributed by atoms with van der Waals surface area (Å²) < 4.78 is 16.4. The lowest BCUT2D eigenvalue weighted by molar-refractivity contribution is -0.0222. The maximum absolute atomic E-state index is 6.26. The summed E-state index contributed by atoms with van der Waals surface area (Å²) in [6.07, 6.45) is 3.79. The first-order valence-corrected chi connectivity index (χ1v) is 7.84. The molecule has 1 saturated carbocycles. The van der Waals surface area contributed by atoms with Crippen LogP contribution in [0.3, 0.4) is 0 Å². The van der Waals surface area contributed by atoms with E-state index >= 15 is 0 Å². The van der Waals surface area contributed by atoms with Crippen LogP contribution < -0.4 is 10.5 Å². The van der Waals surface area contributed by atoms with Gasteiger partial charge < -0.3 is 19.7 Å². The molecule has 0 aliphatic heterocycles. The molecule has 0 saturated heterocycles. The monoisotopic (exact) mass is 309 g/mol. The van der Waals surface area contributed by atoms with Gasteiger partial charge in [-0.3, -0.25) is 0 Å². The van der Waals surface area contributed by atoms with Gasteiger partial charge in [0, 0.05) is 0 Å². The van der Waals surface area contributed by atoms with Crippen molar-refractivity contribution in [2.24, 2.45) is 5.73 Å². The van der Waals surface area contributed by atoms with Gasteiger partial charge >= 0.3 is 0 Å². The highest BCUT2D eigenvalue weighted by Crippen LogP contribution is 2.35. The van der Waals surface area contributed by atoms with Crippen LogP contribution in [0.25, 0.3) is 10.8 Å². The van der Waals surface area contributed by atoms with Crippen molar-refractivity contribution in [1.82, 2.24) is 10.1 Å². The highest BCUT2D eigenvalue weighted by atomic mass is 32.1. The van der Waals surface area contributed by atoms with E-state index in [2.05, 4.69) is 10.1 Å². The predicted octanol–water partition coefficient (Wildman–Crippen LogP) is 2.55. The Morgan fingerprint density at radius 2 is 2.33 bits per heavy atom. The lowest BCUT2D eigenvalue weighted by Crippen LogP contribution is -2.41. The molecular weight excluding hydrogens is 290 g/mol. The molecule has 3 rings (SSSR count). The van der Waals surface area contributed by atoms with Crippen LogP contribution in [0.1, 0.15) is 32.0 Å². The smallest absolute Gasteiger partial charge is 0.271 e. The van der Waals surface area contributed by atoms with Crippen LogP contribution in [-0.4, -0.2) is 30.0 Å². The van der Waals surface area contributed by atoms with Gasteiger partial charge in [-0.15, -0.1) is 11.3 Å². The first-order chi connectivity index (χ1) is 10.1. The van der Waals surface area contributed by atoms with Gasteiger partial charge in [0.25, 0.3) is 5.89 Å². The fourth-order valence-corrected chi connectivity index (χ4v) is 2.83.